The van der Waals surface area contributed by atoms with Gasteiger partial charge in [-0.2, -0.15) is 4.58 Å². The summed E-state index contributed by atoms with van der Waals surface area (Å²) in [6, 6.07) is 24.2. The predicted molar refractivity (Wildman–Crippen MR) is 228 cm³/mol. The van der Waals surface area contributed by atoms with Crippen LogP contribution >= 0.6 is 11.6 Å². The second kappa shape index (κ2) is 17.1. The fraction of sp³-hybridized carbons (Fsp3) is 0.333. The molecule has 10 nitrogen and oxygen atoms in total. The summed E-state index contributed by atoms with van der Waals surface area (Å²) in [6.45, 7) is 8.95. The Balaban J connectivity index is 0.00000585. The van der Waals surface area contributed by atoms with Gasteiger partial charge in [-0.1, -0.05) is 92.2 Å². The summed E-state index contributed by atoms with van der Waals surface area (Å²) in [5.74, 6) is -2.72. The van der Waals surface area contributed by atoms with Crippen LogP contribution in [-0.2, 0) is 35.9 Å². The van der Waals surface area contributed by atoms with Crippen LogP contribution in [-0.4, -0.2) is 71.9 Å². The maximum Gasteiger partial charge on any atom is 1.00 e. The van der Waals surface area contributed by atoms with Crippen LogP contribution in [0.3, 0.4) is 0 Å². The molecule has 1 N–H and O–H groups in total. The quantitative estimate of drug-likeness (QED) is 0.112. The maximum atomic E-state index is 12.6. The molecule has 0 spiro atoms. The van der Waals surface area contributed by atoms with Crippen molar-refractivity contribution in [2.24, 2.45) is 5.92 Å². The van der Waals surface area contributed by atoms with Crippen molar-refractivity contribution in [3.05, 3.63) is 130 Å². The Morgan fingerprint density at radius 3 is 2.03 bits per heavy atom. The molecule has 3 aliphatic rings. The summed E-state index contributed by atoms with van der Waals surface area (Å²) in [7, 11) is -8.85. The first kappa shape index (κ1) is 44.9. The van der Waals surface area contributed by atoms with Gasteiger partial charge < -0.3 is 19.1 Å². The van der Waals surface area contributed by atoms with E-state index in [2.05, 4.69) is 39.8 Å². The van der Waals surface area contributed by atoms with E-state index in [4.69, 9.17) is 11.6 Å². The van der Waals surface area contributed by atoms with Crippen molar-refractivity contribution >= 4 is 76.4 Å². The smallest absolute Gasteiger partial charge is 0.748 e. The van der Waals surface area contributed by atoms with E-state index in [0.717, 1.165) is 55.5 Å². The number of aliphatic carboxylic acids is 1. The standard InChI is InChI=1S/C45H47ClN2O8S2.Na/c1-44(2)38(47(23-9-25-57(51,52)53)36-19-15-29-11-5-7-13-34(29)40(36)44)21-17-31-27-33(43(49)50)28-32(42(31)46)18-22-39-45(3,4)41-35-14-8-6-12-30(35)16-20-37(41)48(39)24-10-26-58(54,55)56;/h5-8,11-22,33H,9-10,23-28H2,1-4H3,(H2-,49,50,51,52,53,54,55,56);/q;+1/p-1. The van der Waals surface area contributed by atoms with Crippen molar-refractivity contribution in [1.82, 2.24) is 0 Å². The first-order valence-electron chi connectivity index (χ1n) is 19.3. The van der Waals surface area contributed by atoms with E-state index in [-0.39, 0.29) is 68.3 Å². The number of rotatable bonds is 12. The van der Waals surface area contributed by atoms with Gasteiger partial charge in [-0.15, -0.1) is 0 Å². The number of nitrogens with zero attached hydrogens (tertiary/aromatic N) is 2. The van der Waals surface area contributed by atoms with Crippen LogP contribution in [0.15, 0.2) is 119 Å². The number of carboxylic acids is 1. The van der Waals surface area contributed by atoms with Crippen molar-refractivity contribution in [3.63, 3.8) is 0 Å². The van der Waals surface area contributed by atoms with Crippen molar-refractivity contribution in [2.75, 3.05) is 29.5 Å². The summed E-state index contributed by atoms with van der Waals surface area (Å²) in [5, 5.41) is 15.0. The van der Waals surface area contributed by atoms with Gasteiger partial charge in [0, 0.05) is 64.0 Å². The second-order valence-electron chi connectivity index (χ2n) is 16.4. The van der Waals surface area contributed by atoms with Gasteiger partial charge in [0.25, 0.3) is 0 Å². The minimum Gasteiger partial charge on any atom is -0.748 e. The predicted octanol–water partition coefficient (Wildman–Crippen LogP) is 5.40. The van der Waals surface area contributed by atoms with Crippen LogP contribution in [0.1, 0.15) is 64.5 Å². The Morgan fingerprint density at radius 1 is 0.814 bits per heavy atom. The Hall–Kier alpha value is -3.59. The monoisotopic (exact) mass is 864 g/mol. The Bertz CT molecular complexity index is 2750. The van der Waals surface area contributed by atoms with Crippen LogP contribution in [0.25, 0.3) is 21.5 Å². The molecule has 0 bridgehead atoms. The molecule has 7 rings (SSSR count). The molecule has 0 aromatic heterocycles. The molecule has 59 heavy (non-hydrogen) atoms. The number of benzene rings is 4. The molecule has 2 heterocycles. The third kappa shape index (κ3) is 9.06. The zero-order valence-corrected chi connectivity index (χ0v) is 38.3. The molecule has 0 radical (unpaired) electrons. The van der Waals surface area contributed by atoms with Crippen LogP contribution in [0.2, 0.25) is 0 Å². The molecule has 0 amide bonds. The number of hydrogen-bond acceptors (Lipinski definition) is 8. The van der Waals surface area contributed by atoms with Gasteiger partial charge in [0.1, 0.15) is 6.54 Å². The first-order valence-corrected chi connectivity index (χ1v) is 22.9. The minimum atomic E-state index is -4.43. The molecule has 1 aliphatic carbocycles. The van der Waals surface area contributed by atoms with Crippen LogP contribution in [0.5, 0.6) is 0 Å². The van der Waals surface area contributed by atoms with E-state index >= 15 is 0 Å². The van der Waals surface area contributed by atoms with Crippen molar-refractivity contribution in [3.8, 4) is 0 Å². The third-order valence-corrected chi connectivity index (χ3v) is 13.9. The molecule has 4 aromatic rings. The number of halogens is 1. The van der Waals surface area contributed by atoms with Crippen molar-refractivity contribution in [1.29, 1.82) is 0 Å². The van der Waals surface area contributed by atoms with Crippen LogP contribution in [0.4, 0.5) is 11.4 Å². The topological polar surface area (TPSA) is 158 Å². The Kier molecular flexibility index (Phi) is 13.0. The van der Waals surface area contributed by atoms with Crippen LogP contribution < -0.4 is 34.5 Å². The van der Waals surface area contributed by atoms with E-state index < -0.39 is 54.5 Å². The molecule has 4 aromatic carbocycles. The molecule has 0 saturated carbocycles. The number of hydrogen-bond donors (Lipinski definition) is 1. The van der Waals surface area contributed by atoms with Crippen LogP contribution in [0, 0.1) is 5.92 Å². The molecule has 0 fully saturated rings. The van der Waals surface area contributed by atoms with Crippen molar-refractivity contribution < 1.29 is 70.0 Å². The fourth-order valence-electron chi connectivity index (χ4n) is 9.16. The number of anilines is 1. The maximum absolute atomic E-state index is 12.6. The van der Waals surface area contributed by atoms with E-state index in [9.17, 15) is 35.8 Å². The summed E-state index contributed by atoms with van der Waals surface area (Å²) in [5.41, 5.74) is 5.84. The zero-order valence-electron chi connectivity index (χ0n) is 33.9. The van der Waals surface area contributed by atoms with Crippen molar-refractivity contribution in [2.45, 2.75) is 64.2 Å². The third-order valence-electron chi connectivity index (χ3n) is 11.8. The second-order valence-corrected chi connectivity index (χ2v) is 19.8. The summed E-state index contributed by atoms with van der Waals surface area (Å²) >= 11 is 7.21. The van der Waals surface area contributed by atoms with E-state index in [1.54, 1.807) is 0 Å². The molecular weight excluding hydrogens is 819 g/mol. The van der Waals surface area contributed by atoms with E-state index in [1.807, 2.05) is 94.4 Å². The van der Waals surface area contributed by atoms with Gasteiger partial charge in [-0.05, 0) is 89.6 Å². The van der Waals surface area contributed by atoms with E-state index in [0.29, 0.717) is 16.2 Å². The van der Waals surface area contributed by atoms with Gasteiger partial charge >= 0.3 is 35.5 Å². The number of carboxylic acid groups (broad SMARTS) is 1. The zero-order chi connectivity index (χ0) is 41.8. The van der Waals surface area contributed by atoms with Gasteiger partial charge in [-0.25, -0.2) is 16.8 Å². The van der Waals surface area contributed by atoms with E-state index in [1.165, 1.54) is 0 Å². The summed E-state index contributed by atoms with van der Waals surface area (Å²) in [4.78, 5) is 14.7. The Morgan fingerprint density at radius 2 is 1.41 bits per heavy atom. The number of fused-ring (bicyclic) bond motifs is 6. The number of carbonyl (C=O) groups is 1. The average molecular weight is 865 g/mol. The van der Waals surface area contributed by atoms with Gasteiger partial charge in [0.15, 0.2) is 5.71 Å². The van der Waals surface area contributed by atoms with Gasteiger partial charge in [-0.3, -0.25) is 4.79 Å². The molecular formula is C45H46ClN2NaO8S2. The molecule has 0 saturated heterocycles. The SMILES string of the molecule is CC1(C)C(/C=C/C2=C(Cl)C(=C/C=C3/N(CCCS(=O)(=O)[O-])c4ccc5ccccc5c4C3(C)C)/CC(C(=O)O)C2)=[N+](CCCS(=O)(=O)[O-])c2ccc3ccccc3c21.[Na+]. The first-order chi connectivity index (χ1) is 27.3. The van der Waals surface area contributed by atoms with Gasteiger partial charge in [0.05, 0.1) is 31.6 Å². The molecule has 2 aliphatic heterocycles. The molecule has 1 atom stereocenters. The Labute approximate surface area is 373 Å². The minimum absolute atomic E-state index is 0. The fourth-order valence-corrected chi connectivity index (χ4v) is 10.4. The number of allylic oxidation sites excluding steroid dienone is 8. The summed E-state index contributed by atoms with van der Waals surface area (Å²) < 4.78 is 71.6. The summed E-state index contributed by atoms with van der Waals surface area (Å²) in [6.07, 6.45) is 8.22. The molecule has 14 heteroatoms. The molecule has 304 valence electrons. The van der Waals surface area contributed by atoms with Gasteiger partial charge in [0.2, 0.25) is 5.69 Å². The largest absolute Gasteiger partial charge is 1.00 e. The average Bonchev–Trinajstić information content (AvgIpc) is 3.51. The molecule has 1 unspecified atom stereocenters. The normalized spacial score (nSPS) is 20.3.